The second-order valence-corrected chi connectivity index (χ2v) is 9.92. The fourth-order valence-electron chi connectivity index (χ4n) is 3.64. The zero-order chi connectivity index (χ0) is 24.9. The normalized spacial score (nSPS) is 17.3. The lowest BCUT2D eigenvalue weighted by Crippen LogP contribution is -2.46. The number of hydrogen-bond acceptors (Lipinski definition) is 7. The summed E-state index contributed by atoms with van der Waals surface area (Å²) in [6, 6.07) is 11.6. The highest BCUT2D eigenvalue weighted by Gasteiger charge is 2.37. The smallest absolute Gasteiger partial charge is 0.294 e. The molecular formula is C25H25BrN2O6S. The number of halogens is 1. The molecule has 35 heavy (non-hydrogen) atoms. The Hall–Kier alpha value is -2.82. The number of carbonyl (C=O) groups excluding carboxylic acids is 3. The van der Waals surface area contributed by atoms with Gasteiger partial charge in [-0.05, 0) is 64.0 Å². The van der Waals surface area contributed by atoms with E-state index < -0.39 is 11.1 Å². The molecule has 4 rings (SSSR count). The summed E-state index contributed by atoms with van der Waals surface area (Å²) in [5, 5.41) is -0.466. The minimum absolute atomic E-state index is 0.243. The maximum atomic E-state index is 12.9. The van der Waals surface area contributed by atoms with Crippen molar-refractivity contribution in [1.82, 2.24) is 9.80 Å². The number of hydrogen-bond donors (Lipinski definition) is 0. The molecule has 2 fully saturated rings. The van der Waals surface area contributed by atoms with Gasteiger partial charge in [0.05, 0.1) is 29.7 Å². The fourth-order valence-corrected chi connectivity index (χ4v) is 5.05. The molecule has 2 aromatic carbocycles. The SMILES string of the molecule is COc1cc(/C=C2\SC(=O)N(CC(=O)N3CCOCC3)C2=O)cc(Br)c1OCc1ccc(C)cc1. The lowest BCUT2D eigenvalue weighted by atomic mass is 10.1. The van der Waals surface area contributed by atoms with Crippen molar-refractivity contribution in [2.24, 2.45) is 0 Å². The summed E-state index contributed by atoms with van der Waals surface area (Å²) in [6.07, 6.45) is 1.61. The van der Waals surface area contributed by atoms with E-state index in [1.54, 1.807) is 23.1 Å². The summed E-state index contributed by atoms with van der Waals surface area (Å²) in [6.45, 7) is 3.93. The van der Waals surface area contributed by atoms with E-state index in [9.17, 15) is 14.4 Å². The van der Waals surface area contributed by atoms with Gasteiger partial charge in [0.15, 0.2) is 11.5 Å². The average Bonchev–Trinajstić information content (AvgIpc) is 3.11. The number of amides is 3. The number of ether oxygens (including phenoxy) is 3. The molecule has 3 amide bonds. The fraction of sp³-hybridized carbons (Fsp3) is 0.320. The Labute approximate surface area is 216 Å². The number of aryl methyl sites for hydroxylation is 1. The van der Waals surface area contributed by atoms with Crippen LogP contribution in [0.4, 0.5) is 4.79 Å². The van der Waals surface area contributed by atoms with Crippen LogP contribution in [0, 0.1) is 6.92 Å². The standard InChI is InChI=1S/C25H25BrN2O6S/c1-16-3-5-17(6-4-16)15-34-23-19(26)11-18(12-20(23)32-2)13-21-24(30)28(25(31)35-21)14-22(29)27-7-9-33-10-8-27/h3-6,11-13H,7-10,14-15H2,1-2H3/b21-13-. The lowest BCUT2D eigenvalue weighted by molar-refractivity contribution is -0.139. The van der Waals surface area contributed by atoms with Crippen molar-refractivity contribution in [3.63, 3.8) is 0 Å². The number of morpholine rings is 1. The maximum absolute atomic E-state index is 12.9. The van der Waals surface area contributed by atoms with Crippen LogP contribution < -0.4 is 9.47 Å². The second kappa shape index (κ2) is 11.3. The number of rotatable bonds is 7. The third-order valence-corrected chi connectivity index (χ3v) is 7.08. The third kappa shape index (κ3) is 6.06. The monoisotopic (exact) mass is 560 g/mol. The number of methoxy groups -OCH3 is 1. The van der Waals surface area contributed by atoms with Gasteiger partial charge in [-0.2, -0.15) is 0 Å². The van der Waals surface area contributed by atoms with Crippen LogP contribution in [-0.4, -0.2) is 66.8 Å². The second-order valence-electron chi connectivity index (χ2n) is 8.07. The van der Waals surface area contributed by atoms with E-state index >= 15 is 0 Å². The van der Waals surface area contributed by atoms with Crippen LogP contribution >= 0.6 is 27.7 Å². The van der Waals surface area contributed by atoms with Crippen LogP contribution in [0.5, 0.6) is 11.5 Å². The first-order valence-corrected chi connectivity index (χ1v) is 12.6. The molecule has 8 nitrogen and oxygen atoms in total. The third-order valence-electron chi connectivity index (χ3n) is 5.58. The molecule has 2 aliphatic rings. The quantitative estimate of drug-likeness (QED) is 0.468. The number of imide groups is 1. The lowest BCUT2D eigenvalue weighted by Gasteiger charge is -2.28. The zero-order valence-corrected chi connectivity index (χ0v) is 21.8. The first-order valence-electron chi connectivity index (χ1n) is 11.0. The highest BCUT2D eigenvalue weighted by Crippen LogP contribution is 2.39. The van der Waals surface area contributed by atoms with E-state index in [-0.39, 0.29) is 17.4 Å². The summed E-state index contributed by atoms with van der Waals surface area (Å²) in [4.78, 5) is 40.7. The number of carbonyl (C=O) groups is 3. The Morgan fingerprint density at radius 1 is 1.17 bits per heavy atom. The molecule has 2 saturated heterocycles. The van der Waals surface area contributed by atoms with E-state index in [1.165, 1.54) is 12.7 Å². The van der Waals surface area contributed by atoms with Crippen molar-refractivity contribution in [3.8, 4) is 11.5 Å². The van der Waals surface area contributed by atoms with Crippen molar-refractivity contribution in [1.29, 1.82) is 0 Å². The van der Waals surface area contributed by atoms with E-state index in [4.69, 9.17) is 14.2 Å². The molecule has 0 bridgehead atoms. The summed E-state index contributed by atoms with van der Waals surface area (Å²) in [5.41, 5.74) is 2.85. The molecule has 184 valence electrons. The Balaban J connectivity index is 1.47. The Morgan fingerprint density at radius 3 is 2.57 bits per heavy atom. The number of thioether (sulfide) groups is 1. The Kier molecular flexibility index (Phi) is 8.15. The molecule has 0 aromatic heterocycles. The van der Waals surface area contributed by atoms with Gasteiger partial charge in [0, 0.05) is 13.1 Å². The predicted molar refractivity (Wildman–Crippen MR) is 136 cm³/mol. The number of nitrogens with zero attached hydrogens (tertiary/aromatic N) is 2. The largest absolute Gasteiger partial charge is 0.493 e. The molecule has 2 heterocycles. The van der Waals surface area contributed by atoms with Gasteiger partial charge < -0.3 is 19.1 Å². The summed E-state index contributed by atoms with van der Waals surface area (Å²) in [5.74, 6) is 0.265. The minimum atomic E-state index is -0.489. The van der Waals surface area contributed by atoms with E-state index in [0.29, 0.717) is 54.4 Å². The molecule has 2 aromatic rings. The Bertz CT molecular complexity index is 1160. The van der Waals surface area contributed by atoms with Crippen molar-refractivity contribution in [2.75, 3.05) is 40.0 Å². The highest BCUT2D eigenvalue weighted by atomic mass is 79.9. The van der Waals surface area contributed by atoms with Crippen LogP contribution in [0.25, 0.3) is 6.08 Å². The maximum Gasteiger partial charge on any atom is 0.294 e. The van der Waals surface area contributed by atoms with Gasteiger partial charge in [-0.25, -0.2) is 0 Å². The van der Waals surface area contributed by atoms with E-state index in [0.717, 1.165) is 22.2 Å². The van der Waals surface area contributed by atoms with Crippen molar-refractivity contribution >= 4 is 50.8 Å². The van der Waals surface area contributed by atoms with Crippen LogP contribution in [0.15, 0.2) is 45.8 Å². The van der Waals surface area contributed by atoms with E-state index in [1.807, 2.05) is 31.2 Å². The van der Waals surface area contributed by atoms with E-state index in [2.05, 4.69) is 15.9 Å². The van der Waals surface area contributed by atoms with Crippen molar-refractivity contribution < 1.29 is 28.6 Å². The zero-order valence-electron chi connectivity index (χ0n) is 19.4. The van der Waals surface area contributed by atoms with Crippen molar-refractivity contribution in [3.05, 3.63) is 62.5 Å². The van der Waals surface area contributed by atoms with Crippen LogP contribution in [0.2, 0.25) is 0 Å². The van der Waals surface area contributed by atoms with Crippen molar-refractivity contribution in [2.45, 2.75) is 13.5 Å². The molecular weight excluding hydrogens is 536 g/mol. The van der Waals surface area contributed by atoms with Gasteiger partial charge in [0.1, 0.15) is 13.2 Å². The molecule has 0 spiro atoms. The molecule has 0 atom stereocenters. The van der Waals surface area contributed by atoms with Crippen LogP contribution in [0.1, 0.15) is 16.7 Å². The molecule has 0 saturated carbocycles. The van der Waals surface area contributed by atoms with Gasteiger partial charge in [-0.3, -0.25) is 19.3 Å². The first kappa shape index (κ1) is 25.3. The predicted octanol–water partition coefficient (Wildman–Crippen LogP) is 4.24. The first-order chi connectivity index (χ1) is 16.9. The summed E-state index contributed by atoms with van der Waals surface area (Å²) < 4.78 is 17.4. The topological polar surface area (TPSA) is 85.4 Å². The highest BCUT2D eigenvalue weighted by molar-refractivity contribution is 9.10. The molecule has 10 heteroatoms. The van der Waals surface area contributed by atoms with Gasteiger partial charge in [-0.1, -0.05) is 29.8 Å². The summed E-state index contributed by atoms with van der Waals surface area (Å²) in [7, 11) is 1.54. The van der Waals surface area contributed by atoms with Gasteiger partial charge in [0.2, 0.25) is 5.91 Å². The van der Waals surface area contributed by atoms with Gasteiger partial charge in [-0.15, -0.1) is 0 Å². The molecule has 0 radical (unpaired) electrons. The molecule has 2 aliphatic heterocycles. The van der Waals surface area contributed by atoms with Gasteiger partial charge in [0.25, 0.3) is 11.1 Å². The average molecular weight is 561 g/mol. The Morgan fingerprint density at radius 2 is 1.89 bits per heavy atom. The van der Waals surface area contributed by atoms with Crippen LogP contribution in [0.3, 0.4) is 0 Å². The van der Waals surface area contributed by atoms with Crippen LogP contribution in [-0.2, 0) is 20.9 Å². The number of benzene rings is 2. The summed E-state index contributed by atoms with van der Waals surface area (Å²) >= 11 is 4.34. The molecule has 0 aliphatic carbocycles. The molecule has 0 unspecified atom stereocenters. The molecule has 0 N–H and O–H groups in total. The minimum Gasteiger partial charge on any atom is -0.493 e. The van der Waals surface area contributed by atoms with Gasteiger partial charge >= 0.3 is 0 Å².